The average molecular weight is 111 g/mol. The van der Waals surface area contributed by atoms with Crippen molar-refractivity contribution >= 4 is 0 Å². The van der Waals surface area contributed by atoms with E-state index in [-0.39, 0.29) is 0 Å². The first-order valence-corrected chi connectivity index (χ1v) is 2.39. The Morgan fingerprint density at radius 2 is 2.50 bits per heavy atom. The van der Waals surface area contributed by atoms with Crippen molar-refractivity contribution < 1.29 is 0 Å². The molecule has 3 N–H and O–H groups in total. The highest BCUT2D eigenvalue weighted by molar-refractivity contribution is 4.76. The Kier molecular flexibility index (Phi) is 4.98. The van der Waals surface area contributed by atoms with E-state index in [1.807, 2.05) is 6.07 Å². The van der Waals surface area contributed by atoms with Crippen LogP contribution in [0.3, 0.4) is 0 Å². The normalized spacial score (nSPS) is 8.88. The van der Waals surface area contributed by atoms with Crippen molar-refractivity contribution in [3.8, 4) is 6.07 Å². The molecule has 0 atom stereocenters. The van der Waals surface area contributed by atoms with Gasteiger partial charge in [-0.3, -0.25) is 0 Å². The predicted octanol–water partition coefficient (Wildman–Crippen LogP) is -0.0804. The van der Waals surface area contributed by atoms with Gasteiger partial charge in [-0.15, -0.1) is 0 Å². The number of nitriles is 1. The van der Waals surface area contributed by atoms with Crippen LogP contribution in [-0.2, 0) is 0 Å². The van der Waals surface area contributed by atoms with E-state index >= 15 is 0 Å². The van der Waals surface area contributed by atoms with Gasteiger partial charge >= 0.3 is 0 Å². The van der Waals surface area contributed by atoms with E-state index in [0.29, 0.717) is 13.0 Å². The highest BCUT2D eigenvalue weighted by Crippen LogP contribution is 1.67. The molecule has 0 aliphatic heterocycles. The third kappa shape index (κ3) is 4.83. The van der Waals surface area contributed by atoms with Gasteiger partial charge in [-0.25, -0.2) is 0 Å². The van der Waals surface area contributed by atoms with E-state index in [9.17, 15) is 0 Å². The van der Waals surface area contributed by atoms with Crippen LogP contribution in [-0.4, -0.2) is 6.54 Å². The summed E-state index contributed by atoms with van der Waals surface area (Å²) in [4.78, 5) is 0. The maximum Gasteiger partial charge on any atom is 0.0640 e. The first-order chi connectivity index (χ1) is 3.91. The summed E-state index contributed by atoms with van der Waals surface area (Å²) in [6.07, 6.45) is 3.53. The molecule has 0 amide bonds. The molecule has 0 unspecified atom stereocenters. The topological polar surface area (TPSA) is 61.8 Å². The predicted molar refractivity (Wildman–Crippen MR) is 31.6 cm³/mol. The second kappa shape index (κ2) is 5.83. The summed E-state index contributed by atoms with van der Waals surface area (Å²) in [7, 11) is 0. The molecular formula is C5H9N3. The zero-order valence-electron chi connectivity index (χ0n) is 4.59. The molecule has 0 aliphatic rings. The lowest BCUT2D eigenvalue weighted by molar-refractivity contribution is 0.856. The van der Waals surface area contributed by atoms with Crippen molar-refractivity contribution in [2.24, 2.45) is 5.73 Å². The summed E-state index contributed by atoms with van der Waals surface area (Å²) < 4.78 is 0. The number of nitrogens with two attached hydrogens (primary N) is 1. The number of nitrogens with one attached hydrogen (secondary N) is 1. The summed E-state index contributed by atoms with van der Waals surface area (Å²) >= 11 is 0. The van der Waals surface area contributed by atoms with Crippen molar-refractivity contribution in [3.63, 3.8) is 0 Å². The van der Waals surface area contributed by atoms with Gasteiger partial charge < -0.3 is 11.1 Å². The fourth-order valence-corrected chi connectivity index (χ4v) is 0.279. The van der Waals surface area contributed by atoms with E-state index in [4.69, 9.17) is 11.0 Å². The van der Waals surface area contributed by atoms with Crippen LogP contribution in [0.4, 0.5) is 0 Å². The van der Waals surface area contributed by atoms with E-state index in [1.165, 1.54) is 6.20 Å². The Bertz CT molecular complexity index is 101. The Labute approximate surface area is 48.8 Å². The molecule has 3 heteroatoms. The molecule has 44 valence electrons. The highest BCUT2D eigenvalue weighted by Gasteiger charge is 1.74. The molecule has 0 aliphatic carbocycles. The third-order valence-corrected chi connectivity index (χ3v) is 0.595. The van der Waals surface area contributed by atoms with Crippen molar-refractivity contribution in [1.29, 1.82) is 5.26 Å². The van der Waals surface area contributed by atoms with Crippen molar-refractivity contribution in [2.75, 3.05) is 6.54 Å². The molecule has 0 spiro atoms. The monoisotopic (exact) mass is 111 g/mol. The number of hydrogen-bond acceptors (Lipinski definition) is 3. The quantitative estimate of drug-likeness (QED) is 0.501. The van der Waals surface area contributed by atoms with Crippen molar-refractivity contribution in [2.45, 2.75) is 6.42 Å². The van der Waals surface area contributed by atoms with Crippen LogP contribution in [0.1, 0.15) is 6.42 Å². The Morgan fingerprint density at radius 3 is 3.00 bits per heavy atom. The second-order valence-corrected chi connectivity index (χ2v) is 1.22. The molecular weight excluding hydrogens is 102 g/mol. The van der Waals surface area contributed by atoms with Crippen molar-refractivity contribution in [1.82, 2.24) is 5.32 Å². The Balaban J connectivity index is 2.85. The van der Waals surface area contributed by atoms with Gasteiger partial charge in [0.1, 0.15) is 0 Å². The molecule has 3 nitrogen and oxygen atoms in total. The third-order valence-electron chi connectivity index (χ3n) is 0.595. The molecule has 8 heavy (non-hydrogen) atoms. The van der Waals surface area contributed by atoms with E-state index in [2.05, 4.69) is 5.32 Å². The highest BCUT2D eigenvalue weighted by atomic mass is 14.8. The smallest absolute Gasteiger partial charge is 0.0640 e. The molecule has 0 radical (unpaired) electrons. The molecule has 0 rings (SSSR count). The molecule has 0 aromatic carbocycles. The first kappa shape index (κ1) is 6.83. The lowest BCUT2D eigenvalue weighted by atomic mass is 10.5. The zero-order chi connectivity index (χ0) is 6.24. The molecule has 0 saturated carbocycles. The van der Waals surface area contributed by atoms with Gasteiger partial charge in [-0.2, -0.15) is 5.26 Å². The first-order valence-electron chi connectivity index (χ1n) is 2.39. The minimum absolute atomic E-state index is 0.518. The number of hydrogen-bond donors (Lipinski definition) is 2. The van der Waals surface area contributed by atoms with Gasteiger partial charge in [0.25, 0.3) is 0 Å². The summed E-state index contributed by atoms with van der Waals surface area (Å²) in [6, 6.07) is 1.99. The van der Waals surface area contributed by atoms with Crippen LogP contribution in [0.5, 0.6) is 0 Å². The summed E-state index contributed by atoms with van der Waals surface area (Å²) in [5.41, 5.74) is 4.98. The zero-order valence-corrected chi connectivity index (χ0v) is 4.59. The lowest BCUT2D eigenvalue weighted by Gasteiger charge is -1.89. The van der Waals surface area contributed by atoms with Crippen LogP contribution in [0.2, 0.25) is 0 Å². The van der Waals surface area contributed by atoms with Gasteiger partial charge in [0.15, 0.2) is 0 Å². The number of nitrogens with zero attached hydrogens (tertiary/aromatic N) is 1. The van der Waals surface area contributed by atoms with Crippen LogP contribution >= 0.6 is 0 Å². The second-order valence-electron chi connectivity index (χ2n) is 1.22. The molecule has 0 bridgehead atoms. The van der Waals surface area contributed by atoms with Gasteiger partial charge in [0, 0.05) is 18.9 Å². The van der Waals surface area contributed by atoms with Crippen LogP contribution in [0, 0.1) is 11.3 Å². The Morgan fingerprint density at radius 1 is 1.75 bits per heavy atom. The molecule has 0 aromatic rings. The summed E-state index contributed by atoms with van der Waals surface area (Å²) in [5.74, 6) is 0. The maximum absolute atomic E-state index is 8.02. The van der Waals surface area contributed by atoms with Crippen molar-refractivity contribution in [3.05, 3.63) is 12.4 Å². The van der Waals surface area contributed by atoms with E-state index < -0.39 is 0 Å². The van der Waals surface area contributed by atoms with Gasteiger partial charge in [-0.05, 0) is 0 Å². The molecule has 0 heterocycles. The van der Waals surface area contributed by atoms with E-state index in [1.54, 1.807) is 6.20 Å². The fraction of sp³-hybridized carbons (Fsp3) is 0.400. The molecule has 0 aromatic heterocycles. The van der Waals surface area contributed by atoms with E-state index in [0.717, 1.165) is 0 Å². The van der Waals surface area contributed by atoms with Gasteiger partial charge in [0.05, 0.1) is 12.5 Å². The lowest BCUT2D eigenvalue weighted by Crippen LogP contribution is -2.06. The maximum atomic E-state index is 8.02. The van der Waals surface area contributed by atoms with Crippen LogP contribution in [0.25, 0.3) is 0 Å². The number of rotatable bonds is 3. The minimum Gasteiger partial charge on any atom is -0.403 e. The minimum atomic E-state index is 0.518. The van der Waals surface area contributed by atoms with Gasteiger partial charge in [-0.1, -0.05) is 0 Å². The average Bonchev–Trinajstić information content (AvgIpc) is 1.81. The largest absolute Gasteiger partial charge is 0.403 e. The van der Waals surface area contributed by atoms with Crippen LogP contribution in [0.15, 0.2) is 12.4 Å². The van der Waals surface area contributed by atoms with Crippen LogP contribution < -0.4 is 11.1 Å². The fourth-order valence-electron chi connectivity index (χ4n) is 0.279. The summed E-state index contributed by atoms with van der Waals surface area (Å²) in [5, 5.41) is 10.8. The SMILES string of the molecule is N#CCCN/C=C/N. The molecule has 0 saturated heterocycles. The van der Waals surface area contributed by atoms with Gasteiger partial charge in [0.2, 0.25) is 0 Å². The standard InChI is InChI=1S/C5H9N3/c6-2-1-4-8-5-3-7/h3,5,8H,1,4,7H2/b5-3+. The summed E-state index contributed by atoms with van der Waals surface area (Å²) in [6.45, 7) is 0.671. The molecule has 0 fully saturated rings. The Hall–Kier alpha value is -1.17.